The number of hydrogen-bond donors (Lipinski definition) is 3. The van der Waals surface area contributed by atoms with Crippen molar-refractivity contribution in [2.45, 2.75) is 38.6 Å². The number of carbonyl (C=O) groups excluding carboxylic acids is 2. The van der Waals surface area contributed by atoms with Gasteiger partial charge in [-0.15, -0.1) is 0 Å². The first-order chi connectivity index (χ1) is 6.98. The van der Waals surface area contributed by atoms with Crippen LogP contribution in [0.2, 0.25) is 0 Å². The normalized spacial score (nSPS) is 20.9. The minimum absolute atomic E-state index is 0.234. The number of carbonyl (C=O) groups is 2. The van der Waals surface area contributed by atoms with Gasteiger partial charge < -0.3 is 16.8 Å². The van der Waals surface area contributed by atoms with E-state index in [1.165, 1.54) is 0 Å². The standard InChI is InChI=1S/C10H19N3O2/c1-7(11)8(14)13-6-10(9(12)15)4-2-3-5-10/h7H,2-6,11H2,1H3,(H2,12,15)(H,13,14)/t7-/m1/s1. The van der Waals surface area contributed by atoms with Crippen LogP contribution in [0, 0.1) is 5.41 Å². The van der Waals surface area contributed by atoms with Crippen LogP contribution in [0.3, 0.4) is 0 Å². The van der Waals surface area contributed by atoms with Crippen LogP contribution in [-0.4, -0.2) is 24.4 Å². The van der Waals surface area contributed by atoms with E-state index in [0.29, 0.717) is 6.54 Å². The molecule has 0 aliphatic heterocycles. The number of hydrogen-bond acceptors (Lipinski definition) is 3. The van der Waals surface area contributed by atoms with Crippen LogP contribution < -0.4 is 16.8 Å². The molecular formula is C10H19N3O2. The number of rotatable bonds is 4. The van der Waals surface area contributed by atoms with Gasteiger partial charge in [0.15, 0.2) is 0 Å². The Kier molecular flexibility index (Phi) is 3.68. The van der Waals surface area contributed by atoms with Crippen molar-refractivity contribution < 1.29 is 9.59 Å². The molecule has 1 aliphatic carbocycles. The Morgan fingerprint density at radius 1 is 1.40 bits per heavy atom. The molecule has 0 heterocycles. The number of nitrogens with two attached hydrogens (primary N) is 2. The zero-order valence-corrected chi connectivity index (χ0v) is 9.08. The van der Waals surface area contributed by atoms with Gasteiger partial charge in [-0.25, -0.2) is 0 Å². The second-order valence-electron chi connectivity index (χ2n) is 4.36. The van der Waals surface area contributed by atoms with Gasteiger partial charge in [0.1, 0.15) is 0 Å². The van der Waals surface area contributed by atoms with E-state index in [4.69, 9.17) is 11.5 Å². The Morgan fingerprint density at radius 2 is 1.93 bits per heavy atom. The van der Waals surface area contributed by atoms with Gasteiger partial charge in [-0.3, -0.25) is 9.59 Å². The van der Waals surface area contributed by atoms with E-state index in [9.17, 15) is 9.59 Å². The van der Waals surface area contributed by atoms with Gasteiger partial charge in [0, 0.05) is 6.54 Å². The molecule has 1 saturated carbocycles. The first-order valence-corrected chi connectivity index (χ1v) is 5.31. The van der Waals surface area contributed by atoms with Crippen LogP contribution in [-0.2, 0) is 9.59 Å². The molecule has 1 fully saturated rings. The first-order valence-electron chi connectivity index (χ1n) is 5.31. The van der Waals surface area contributed by atoms with E-state index >= 15 is 0 Å². The van der Waals surface area contributed by atoms with Gasteiger partial charge in [-0.1, -0.05) is 12.8 Å². The lowest BCUT2D eigenvalue weighted by Crippen LogP contribution is -2.48. The van der Waals surface area contributed by atoms with Crippen molar-refractivity contribution in [2.75, 3.05) is 6.54 Å². The fourth-order valence-corrected chi connectivity index (χ4v) is 1.98. The average molecular weight is 213 g/mol. The maximum atomic E-state index is 11.3. The molecule has 0 saturated heterocycles. The third-order valence-electron chi connectivity index (χ3n) is 3.10. The highest BCUT2D eigenvalue weighted by Gasteiger charge is 2.39. The largest absolute Gasteiger partial charge is 0.369 e. The second kappa shape index (κ2) is 4.61. The summed E-state index contributed by atoms with van der Waals surface area (Å²) in [6, 6.07) is -0.545. The van der Waals surface area contributed by atoms with Crippen LogP contribution in [0.25, 0.3) is 0 Å². The summed E-state index contributed by atoms with van der Waals surface area (Å²) < 4.78 is 0. The molecule has 0 aromatic carbocycles. The van der Waals surface area contributed by atoms with Crippen molar-refractivity contribution in [3.63, 3.8) is 0 Å². The summed E-state index contributed by atoms with van der Waals surface area (Å²) in [5.74, 6) is -0.549. The van der Waals surface area contributed by atoms with Crippen molar-refractivity contribution in [3.05, 3.63) is 0 Å². The summed E-state index contributed by atoms with van der Waals surface area (Å²) in [6.45, 7) is 1.93. The molecule has 1 aliphatic rings. The molecule has 0 unspecified atom stereocenters. The maximum Gasteiger partial charge on any atom is 0.236 e. The molecule has 0 radical (unpaired) electrons. The van der Waals surface area contributed by atoms with Crippen molar-refractivity contribution in [1.29, 1.82) is 0 Å². The smallest absolute Gasteiger partial charge is 0.236 e. The van der Waals surface area contributed by atoms with Crippen molar-refractivity contribution in [2.24, 2.45) is 16.9 Å². The van der Waals surface area contributed by atoms with Gasteiger partial charge in [0.25, 0.3) is 0 Å². The minimum Gasteiger partial charge on any atom is -0.369 e. The Bertz CT molecular complexity index is 257. The molecule has 15 heavy (non-hydrogen) atoms. The molecular weight excluding hydrogens is 194 g/mol. The van der Waals surface area contributed by atoms with Crippen LogP contribution in [0.15, 0.2) is 0 Å². The molecule has 0 aromatic heterocycles. The molecule has 2 amide bonds. The van der Waals surface area contributed by atoms with Crippen molar-refractivity contribution in [1.82, 2.24) is 5.32 Å². The van der Waals surface area contributed by atoms with Gasteiger partial charge in [0.05, 0.1) is 11.5 Å². The topological polar surface area (TPSA) is 98.2 Å². The molecule has 1 atom stereocenters. The molecule has 5 heteroatoms. The summed E-state index contributed by atoms with van der Waals surface area (Å²) in [5.41, 5.74) is 10.2. The van der Waals surface area contributed by atoms with E-state index in [2.05, 4.69) is 5.32 Å². The molecule has 5 nitrogen and oxygen atoms in total. The Labute approximate surface area is 89.6 Å². The van der Waals surface area contributed by atoms with E-state index in [1.54, 1.807) is 6.92 Å². The zero-order valence-electron chi connectivity index (χ0n) is 9.08. The van der Waals surface area contributed by atoms with E-state index in [1.807, 2.05) is 0 Å². The second-order valence-corrected chi connectivity index (χ2v) is 4.36. The monoisotopic (exact) mass is 213 g/mol. The fourth-order valence-electron chi connectivity index (χ4n) is 1.98. The lowest BCUT2D eigenvalue weighted by atomic mass is 9.85. The minimum atomic E-state index is -0.545. The highest BCUT2D eigenvalue weighted by Crippen LogP contribution is 2.37. The number of amides is 2. The van der Waals surface area contributed by atoms with Gasteiger partial charge in [-0.05, 0) is 19.8 Å². The molecule has 0 aromatic rings. The van der Waals surface area contributed by atoms with Crippen LogP contribution in [0.1, 0.15) is 32.6 Å². The summed E-state index contributed by atoms with van der Waals surface area (Å²) >= 11 is 0. The summed E-state index contributed by atoms with van der Waals surface area (Å²) in [6.07, 6.45) is 3.52. The molecule has 86 valence electrons. The van der Waals surface area contributed by atoms with E-state index in [-0.39, 0.29) is 11.8 Å². The average Bonchev–Trinajstić information content (AvgIpc) is 2.63. The summed E-state index contributed by atoms with van der Waals surface area (Å²) in [7, 11) is 0. The Balaban J connectivity index is 2.53. The molecule has 0 bridgehead atoms. The van der Waals surface area contributed by atoms with Crippen molar-refractivity contribution in [3.8, 4) is 0 Å². The van der Waals surface area contributed by atoms with Crippen LogP contribution >= 0.6 is 0 Å². The maximum absolute atomic E-state index is 11.3. The Morgan fingerprint density at radius 3 is 2.33 bits per heavy atom. The third-order valence-corrected chi connectivity index (χ3v) is 3.10. The lowest BCUT2D eigenvalue weighted by Gasteiger charge is -2.25. The molecule has 5 N–H and O–H groups in total. The van der Waals surface area contributed by atoms with Crippen molar-refractivity contribution >= 4 is 11.8 Å². The lowest BCUT2D eigenvalue weighted by molar-refractivity contribution is -0.128. The highest BCUT2D eigenvalue weighted by atomic mass is 16.2. The highest BCUT2D eigenvalue weighted by molar-refractivity contribution is 5.84. The van der Waals surface area contributed by atoms with Gasteiger partial charge >= 0.3 is 0 Å². The van der Waals surface area contributed by atoms with Gasteiger partial charge in [-0.2, -0.15) is 0 Å². The fraction of sp³-hybridized carbons (Fsp3) is 0.800. The summed E-state index contributed by atoms with van der Waals surface area (Å²) in [4.78, 5) is 22.6. The van der Waals surface area contributed by atoms with Crippen LogP contribution in [0.5, 0.6) is 0 Å². The van der Waals surface area contributed by atoms with E-state index < -0.39 is 11.5 Å². The predicted molar refractivity (Wildman–Crippen MR) is 56.8 cm³/mol. The molecule has 0 spiro atoms. The summed E-state index contributed by atoms with van der Waals surface area (Å²) in [5, 5.41) is 2.68. The zero-order chi connectivity index (χ0) is 11.5. The predicted octanol–water partition coefficient (Wildman–Crippen LogP) is -0.505. The third kappa shape index (κ3) is 2.68. The number of nitrogens with one attached hydrogen (secondary N) is 1. The number of primary amides is 1. The SMILES string of the molecule is C[C@@H](N)C(=O)NCC1(C(N)=O)CCCC1. The first kappa shape index (κ1) is 12.0. The molecule has 1 rings (SSSR count). The Hall–Kier alpha value is -1.10. The van der Waals surface area contributed by atoms with Crippen LogP contribution in [0.4, 0.5) is 0 Å². The quantitative estimate of drug-likeness (QED) is 0.587. The van der Waals surface area contributed by atoms with E-state index in [0.717, 1.165) is 25.7 Å². The van der Waals surface area contributed by atoms with Gasteiger partial charge in [0.2, 0.25) is 11.8 Å².